The van der Waals surface area contributed by atoms with Gasteiger partial charge in [-0.05, 0) is 12.8 Å². The molecular weight excluding hydrogens is 452 g/mol. The van der Waals surface area contributed by atoms with E-state index in [-0.39, 0.29) is 24.4 Å². The van der Waals surface area contributed by atoms with Gasteiger partial charge in [0.25, 0.3) is 0 Å². The molecular formula is C23H36O11. The third kappa shape index (κ3) is 7.13. The molecule has 11 heteroatoms. The summed E-state index contributed by atoms with van der Waals surface area (Å²) in [7, 11) is 0. The van der Waals surface area contributed by atoms with E-state index in [9.17, 15) is 19.2 Å². The van der Waals surface area contributed by atoms with Gasteiger partial charge in [0.2, 0.25) is 6.29 Å². The first kappa shape index (κ1) is 28.0. The van der Waals surface area contributed by atoms with Gasteiger partial charge in [0.05, 0.1) is 12.2 Å². The molecule has 34 heavy (non-hydrogen) atoms. The average Bonchev–Trinajstić information content (AvgIpc) is 2.71. The van der Waals surface area contributed by atoms with E-state index in [0.29, 0.717) is 0 Å². The molecule has 194 valence electrons. The molecule has 11 nitrogen and oxygen atoms in total. The van der Waals surface area contributed by atoms with Crippen LogP contribution in [0.25, 0.3) is 0 Å². The average molecular weight is 489 g/mol. The van der Waals surface area contributed by atoms with Crippen LogP contribution in [-0.2, 0) is 52.3 Å². The van der Waals surface area contributed by atoms with E-state index in [1.165, 1.54) is 27.7 Å². The lowest BCUT2D eigenvalue weighted by Crippen LogP contribution is -2.60. The third-order valence-corrected chi connectivity index (χ3v) is 6.34. The first-order valence-electron chi connectivity index (χ1n) is 11.4. The maximum absolute atomic E-state index is 11.9. The highest BCUT2D eigenvalue weighted by Gasteiger charge is 2.51. The summed E-state index contributed by atoms with van der Waals surface area (Å²) >= 11 is 0. The van der Waals surface area contributed by atoms with Crippen LogP contribution in [0.4, 0.5) is 0 Å². The highest BCUT2D eigenvalue weighted by atomic mass is 16.8. The van der Waals surface area contributed by atoms with E-state index in [1.54, 1.807) is 6.92 Å². The van der Waals surface area contributed by atoms with Crippen LogP contribution in [0.2, 0.25) is 0 Å². The fourth-order valence-electron chi connectivity index (χ4n) is 4.18. The Balaban J connectivity index is 2.37. The van der Waals surface area contributed by atoms with Crippen LogP contribution in [0.5, 0.6) is 0 Å². The van der Waals surface area contributed by atoms with Crippen molar-refractivity contribution in [3.05, 3.63) is 0 Å². The maximum atomic E-state index is 11.9. The Bertz CT molecular complexity index is 751. The van der Waals surface area contributed by atoms with Gasteiger partial charge in [0, 0.05) is 39.5 Å². The van der Waals surface area contributed by atoms with E-state index < -0.39 is 67.0 Å². The standard InChI is InChI=1S/C23H36O11/c1-10-11(2)20(30-15(6)25)22(33-18(10)9-28-14(5)24)34-19-12(3)13(4)29-23(32-17(8)27)21(19)31-16(7)26/h10-13,18-23H,9H2,1-8H3/t10-,11?,12-,13?,18-,19-,20?,21?,22+,23?/m0/s1. The van der Waals surface area contributed by atoms with Gasteiger partial charge in [-0.15, -0.1) is 0 Å². The Morgan fingerprint density at radius 2 is 1.18 bits per heavy atom. The van der Waals surface area contributed by atoms with Gasteiger partial charge in [0.15, 0.2) is 18.5 Å². The molecule has 0 N–H and O–H groups in total. The summed E-state index contributed by atoms with van der Waals surface area (Å²) in [6.07, 6.45) is -5.90. The molecule has 10 atom stereocenters. The number of esters is 4. The van der Waals surface area contributed by atoms with Crippen molar-refractivity contribution in [1.29, 1.82) is 0 Å². The van der Waals surface area contributed by atoms with E-state index >= 15 is 0 Å². The van der Waals surface area contributed by atoms with Gasteiger partial charge in [-0.3, -0.25) is 19.2 Å². The van der Waals surface area contributed by atoms with Crippen molar-refractivity contribution in [3.63, 3.8) is 0 Å². The van der Waals surface area contributed by atoms with Crippen molar-refractivity contribution in [1.82, 2.24) is 0 Å². The summed E-state index contributed by atoms with van der Waals surface area (Å²) in [6, 6.07) is 0. The lowest BCUT2D eigenvalue weighted by atomic mass is 9.83. The normalized spacial score (nSPS) is 37.9. The molecule has 0 aliphatic carbocycles. The predicted octanol–water partition coefficient (Wildman–Crippen LogP) is 1.74. The number of rotatable bonds is 7. The van der Waals surface area contributed by atoms with Crippen molar-refractivity contribution in [2.45, 2.75) is 98.5 Å². The van der Waals surface area contributed by atoms with E-state index in [4.69, 9.17) is 33.2 Å². The van der Waals surface area contributed by atoms with Crippen LogP contribution >= 0.6 is 0 Å². The molecule has 0 radical (unpaired) electrons. The SMILES string of the molecule is CC(=O)OC[C@@H]1O[C@H](O[C@@H]2C(OC(C)=O)C(OC(C)=O)OC(C)[C@@H]2C)C(OC(C)=O)C(C)[C@@H]1C. The minimum Gasteiger partial charge on any atom is -0.463 e. The molecule has 2 saturated heterocycles. The van der Waals surface area contributed by atoms with E-state index in [2.05, 4.69) is 0 Å². The fourth-order valence-corrected chi connectivity index (χ4v) is 4.18. The Morgan fingerprint density at radius 3 is 1.71 bits per heavy atom. The predicted molar refractivity (Wildman–Crippen MR) is 115 cm³/mol. The summed E-state index contributed by atoms with van der Waals surface area (Å²) in [6.45, 7) is 12.4. The van der Waals surface area contributed by atoms with Gasteiger partial charge < -0.3 is 33.2 Å². The molecule has 0 bridgehead atoms. The molecule has 2 aliphatic heterocycles. The van der Waals surface area contributed by atoms with Gasteiger partial charge in [-0.2, -0.15) is 0 Å². The van der Waals surface area contributed by atoms with Crippen LogP contribution in [0.15, 0.2) is 0 Å². The second-order valence-electron chi connectivity index (χ2n) is 8.99. The van der Waals surface area contributed by atoms with Gasteiger partial charge in [0.1, 0.15) is 12.7 Å². The zero-order chi connectivity index (χ0) is 25.7. The Morgan fingerprint density at radius 1 is 0.618 bits per heavy atom. The van der Waals surface area contributed by atoms with E-state index in [0.717, 1.165) is 0 Å². The second-order valence-corrected chi connectivity index (χ2v) is 8.99. The maximum Gasteiger partial charge on any atom is 0.305 e. The smallest absolute Gasteiger partial charge is 0.305 e. The molecule has 2 aliphatic rings. The molecule has 5 unspecified atom stereocenters. The summed E-state index contributed by atoms with van der Waals surface area (Å²) in [5.74, 6) is -2.86. The fraction of sp³-hybridized carbons (Fsp3) is 0.826. The number of ether oxygens (including phenoxy) is 7. The first-order chi connectivity index (χ1) is 15.8. The lowest BCUT2D eigenvalue weighted by molar-refractivity contribution is -0.338. The molecule has 2 rings (SSSR count). The van der Waals surface area contributed by atoms with Crippen molar-refractivity contribution >= 4 is 23.9 Å². The molecule has 0 saturated carbocycles. The van der Waals surface area contributed by atoms with Crippen molar-refractivity contribution < 1.29 is 52.3 Å². The summed E-state index contributed by atoms with van der Waals surface area (Å²) in [5.41, 5.74) is 0. The van der Waals surface area contributed by atoms with Crippen LogP contribution in [0.3, 0.4) is 0 Å². The van der Waals surface area contributed by atoms with Crippen molar-refractivity contribution in [2.24, 2.45) is 17.8 Å². The number of hydrogen-bond donors (Lipinski definition) is 0. The molecule has 2 fully saturated rings. The van der Waals surface area contributed by atoms with Crippen LogP contribution in [0, 0.1) is 17.8 Å². The first-order valence-corrected chi connectivity index (χ1v) is 11.4. The highest BCUT2D eigenvalue weighted by molar-refractivity contribution is 5.67. The van der Waals surface area contributed by atoms with Crippen molar-refractivity contribution in [2.75, 3.05) is 6.61 Å². The molecule has 0 aromatic carbocycles. The summed E-state index contributed by atoms with van der Waals surface area (Å²) in [5, 5.41) is 0. The van der Waals surface area contributed by atoms with Gasteiger partial charge in [-0.1, -0.05) is 20.8 Å². The molecule has 0 spiro atoms. The van der Waals surface area contributed by atoms with Crippen LogP contribution in [-0.4, -0.2) is 73.6 Å². The zero-order valence-electron chi connectivity index (χ0n) is 21.0. The Labute approximate surface area is 199 Å². The van der Waals surface area contributed by atoms with Crippen LogP contribution < -0.4 is 0 Å². The molecule has 2 heterocycles. The zero-order valence-corrected chi connectivity index (χ0v) is 21.0. The number of carbonyl (C=O) groups is 4. The molecule has 0 aromatic rings. The minimum absolute atomic E-state index is 0.00330. The highest BCUT2D eigenvalue weighted by Crippen LogP contribution is 2.38. The monoisotopic (exact) mass is 488 g/mol. The topological polar surface area (TPSA) is 133 Å². The van der Waals surface area contributed by atoms with E-state index in [1.807, 2.05) is 20.8 Å². The Kier molecular flexibility index (Phi) is 9.84. The molecule has 0 amide bonds. The second kappa shape index (κ2) is 11.9. The number of hydrogen-bond acceptors (Lipinski definition) is 11. The van der Waals surface area contributed by atoms with Crippen LogP contribution in [0.1, 0.15) is 55.4 Å². The Hall–Kier alpha value is -2.24. The van der Waals surface area contributed by atoms with Gasteiger partial charge >= 0.3 is 23.9 Å². The number of carbonyl (C=O) groups excluding carboxylic acids is 4. The quantitative estimate of drug-likeness (QED) is 0.383. The van der Waals surface area contributed by atoms with Crippen molar-refractivity contribution in [3.8, 4) is 0 Å². The molecule has 0 aromatic heterocycles. The minimum atomic E-state index is -1.19. The largest absolute Gasteiger partial charge is 0.463 e. The lowest BCUT2D eigenvalue weighted by Gasteiger charge is -2.48. The summed E-state index contributed by atoms with van der Waals surface area (Å²) in [4.78, 5) is 46.7. The summed E-state index contributed by atoms with van der Waals surface area (Å²) < 4.78 is 39.6. The van der Waals surface area contributed by atoms with Gasteiger partial charge in [-0.25, -0.2) is 0 Å². The third-order valence-electron chi connectivity index (χ3n) is 6.34.